The molecule has 0 saturated carbocycles. The van der Waals surface area contributed by atoms with Gasteiger partial charge in [-0.25, -0.2) is 4.79 Å². The number of carbonyl (C=O) groups is 3. The Morgan fingerprint density at radius 3 is 2.22 bits per heavy atom. The Morgan fingerprint density at radius 2 is 1.78 bits per heavy atom. The molecule has 0 aliphatic carbocycles. The van der Waals surface area contributed by atoms with Crippen molar-refractivity contribution in [1.82, 2.24) is 10.6 Å². The lowest BCUT2D eigenvalue weighted by molar-refractivity contribution is -0.138. The summed E-state index contributed by atoms with van der Waals surface area (Å²) in [6, 6.07) is -1.26. The van der Waals surface area contributed by atoms with Gasteiger partial charge in [-0.1, -0.05) is 6.92 Å². The fraction of sp³-hybridized carbons (Fsp3) is 0.667. The van der Waals surface area contributed by atoms with Gasteiger partial charge < -0.3 is 10.4 Å². The number of alkyl halides is 3. The number of imide groups is 1. The summed E-state index contributed by atoms with van der Waals surface area (Å²) in [5, 5.41) is 11.5. The molecule has 0 bridgehead atoms. The maximum atomic E-state index is 11.7. The predicted molar refractivity (Wildman–Crippen MR) is 53.6 cm³/mol. The summed E-state index contributed by atoms with van der Waals surface area (Å²) < 4.78 is 35.1. The molecule has 1 atom stereocenters. The van der Waals surface area contributed by atoms with Crippen molar-refractivity contribution in [3.05, 3.63) is 0 Å². The van der Waals surface area contributed by atoms with E-state index in [1.54, 1.807) is 5.32 Å². The van der Waals surface area contributed by atoms with E-state index < -0.39 is 36.5 Å². The van der Waals surface area contributed by atoms with E-state index in [9.17, 15) is 27.6 Å². The van der Waals surface area contributed by atoms with E-state index >= 15 is 0 Å². The van der Waals surface area contributed by atoms with E-state index in [0.29, 0.717) is 0 Å². The van der Waals surface area contributed by atoms with Crippen LogP contribution in [0.25, 0.3) is 0 Å². The van der Waals surface area contributed by atoms with Crippen molar-refractivity contribution >= 4 is 17.9 Å². The van der Waals surface area contributed by atoms with Crippen molar-refractivity contribution in [1.29, 1.82) is 0 Å². The first-order valence-electron chi connectivity index (χ1n) is 4.96. The van der Waals surface area contributed by atoms with Crippen LogP contribution in [0.3, 0.4) is 0 Å². The number of nitrogens with one attached hydrogen (secondary N) is 2. The molecule has 0 heterocycles. The van der Waals surface area contributed by atoms with Gasteiger partial charge in [-0.15, -0.1) is 0 Å². The maximum absolute atomic E-state index is 11.7. The van der Waals surface area contributed by atoms with Crippen LogP contribution in [0.5, 0.6) is 0 Å². The Labute approximate surface area is 101 Å². The van der Waals surface area contributed by atoms with E-state index in [2.05, 4.69) is 0 Å². The average molecular weight is 270 g/mol. The Hall–Kier alpha value is -1.80. The summed E-state index contributed by atoms with van der Waals surface area (Å²) in [5.41, 5.74) is 0. The quantitative estimate of drug-likeness (QED) is 0.691. The summed E-state index contributed by atoms with van der Waals surface area (Å²) >= 11 is 0. The molecule has 0 aromatic rings. The van der Waals surface area contributed by atoms with Gasteiger partial charge in [0.25, 0.3) is 0 Å². The summed E-state index contributed by atoms with van der Waals surface area (Å²) in [5.74, 6) is -2.45. The molecular weight excluding hydrogens is 257 g/mol. The molecule has 3 amide bonds. The van der Waals surface area contributed by atoms with E-state index in [1.165, 1.54) is 12.2 Å². The number of aliphatic carboxylic acids is 1. The van der Waals surface area contributed by atoms with Crippen molar-refractivity contribution in [2.75, 3.05) is 6.54 Å². The summed E-state index contributed by atoms with van der Waals surface area (Å²) in [7, 11) is 0. The molecular formula is C9H13F3N2O4. The Morgan fingerprint density at radius 1 is 1.22 bits per heavy atom. The predicted octanol–water partition coefficient (Wildman–Crippen LogP) is 0.875. The van der Waals surface area contributed by atoms with Gasteiger partial charge in [0, 0.05) is 12.8 Å². The minimum absolute atomic E-state index is 0.258. The summed E-state index contributed by atoms with van der Waals surface area (Å²) in [4.78, 5) is 32.3. The van der Waals surface area contributed by atoms with Crippen LogP contribution in [0, 0.1) is 5.92 Å². The molecule has 0 aromatic heterocycles. The molecule has 0 radical (unpaired) electrons. The van der Waals surface area contributed by atoms with Crippen molar-refractivity contribution in [3.8, 4) is 0 Å². The monoisotopic (exact) mass is 270 g/mol. The molecule has 3 N–H and O–H groups in total. The van der Waals surface area contributed by atoms with Gasteiger partial charge in [-0.3, -0.25) is 14.9 Å². The van der Waals surface area contributed by atoms with Crippen LogP contribution >= 0.6 is 0 Å². The van der Waals surface area contributed by atoms with Gasteiger partial charge in [0.1, 0.15) is 6.54 Å². The third-order valence-electron chi connectivity index (χ3n) is 1.76. The van der Waals surface area contributed by atoms with Gasteiger partial charge >= 0.3 is 18.2 Å². The second-order valence-electron chi connectivity index (χ2n) is 3.75. The molecule has 0 saturated heterocycles. The normalized spacial score (nSPS) is 12.7. The third kappa shape index (κ3) is 9.43. The van der Waals surface area contributed by atoms with Gasteiger partial charge in [-0.05, 0) is 5.92 Å². The highest BCUT2D eigenvalue weighted by atomic mass is 19.4. The minimum Gasteiger partial charge on any atom is -0.481 e. The van der Waals surface area contributed by atoms with Crippen LogP contribution < -0.4 is 10.6 Å². The molecule has 6 nitrogen and oxygen atoms in total. The highest BCUT2D eigenvalue weighted by molar-refractivity contribution is 5.94. The lowest BCUT2D eigenvalue weighted by Crippen LogP contribution is -2.43. The number of hydrogen-bond acceptors (Lipinski definition) is 3. The molecule has 0 spiro atoms. The van der Waals surface area contributed by atoms with E-state index in [0.717, 1.165) is 0 Å². The lowest BCUT2D eigenvalue weighted by atomic mass is 10.0. The molecule has 0 aromatic carbocycles. The highest BCUT2D eigenvalue weighted by Crippen LogP contribution is 2.12. The van der Waals surface area contributed by atoms with Crippen LogP contribution in [0.2, 0.25) is 0 Å². The van der Waals surface area contributed by atoms with Gasteiger partial charge in [0.2, 0.25) is 5.91 Å². The average Bonchev–Trinajstić information content (AvgIpc) is 2.11. The number of carboxylic acid groups (broad SMARTS) is 1. The van der Waals surface area contributed by atoms with E-state index in [1.807, 2.05) is 0 Å². The zero-order chi connectivity index (χ0) is 14.3. The fourth-order valence-electron chi connectivity index (χ4n) is 1.09. The second-order valence-corrected chi connectivity index (χ2v) is 3.75. The van der Waals surface area contributed by atoms with E-state index in [4.69, 9.17) is 5.11 Å². The molecule has 0 fully saturated rings. The van der Waals surface area contributed by atoms with Crippen LogP contribution in [0.4, 0.5) is 18.0 Å². The van der Waals surface area contributed by atoms with Crippen LogP contribution in [-0.2, 0) is 9.59 Å². The molecule has 0 rings (SSSR count). The number of carboxylic acids is 1. The number of halogens is 3. The number of hydrogen-bond donors (Lipinski definition) is 3. The van der Waals surface area contributed by atoms with E-state index in [-0.39, 0.29) is 12.8 Å². The van der Waals surface area contributed by atoms with Crippen molar-refractivity contribution in [2.45, 2.75) is 25.9 Å². The van der Waals surface area contributed by atoms with Gasteiger partial charge in [-0.2, -0.15) is 13.2 Å². The van der Waals surface area contributed by atoms with Crippen LogP contribution in [0.15, 0.2) is 0 Å². The molecule has 18 heavy (non-hydrogen) atoms. The van der Waals surface area contributed by atoms with Gasteiger partial charge in [0.05, 0.1) is 0 Å². The smallest absolute Gasteiger partial charge is 0.405 e. The zero-order valence-corrected chi connectivity index (χ0v) is 9.50. The Kier molecular flexibility index (Phi) is 6.14. The van der Waals surface area contributed by atoms with Crippen LogP contribution in [-0.4, -0.2) is 35.7 Å². The van der Waals surface area contributed by atoms with Gasteiger partial charge in [0.15, 0.2) is 0 Å². The first kappa shape index (κ1) is 16.2. The molecule has 9 heteroatoms. The second kappa shape index (κ2) is 6.82. The first-order chi connectivity index (χ1) is 8.10. The molecule has 104 valence electrons. The highest BCUT2D eigenvalue weighted by Gasteiger charge is 2.28. The Balaban J connectivity index is 3.94. The van der Waals surface area contributed by atoms with Crippen LogP contribution in [0.1, 0.15) is 19.8 Å². The summed E-state index contributed by atoms with van der Waals surface area (Å²) in [6.07, 6.45) is -5.08. The lowest BCUT2D eigenvalue weighted by Gasteiger charge is -2.10. The largest absolute Gasteiger partial charge is 0.481 e. The number of amides is 3. The summed E-state index contributed by atoms with van der Waals surface area (Å²) in [6.45, 7) is -0.0713. The van der Waals surface area contributed by atoms with Crippen molar-refractivity contribution < 1.29 is 32.7 Å². The first-order valence-corrected chi connectivity index (χ1v) is 4.96. The Bertz CT molecular complexity index is 330. The SMILES string of the molecule is CC(CC(=O)O)CC(=O)NC(=O)NCC(F)(F)F. The third-order valence-corrected chi connectivity index (χ3v) is 1.76. The van der Waals surface area contributed by atoms with Crippen molar-refractivity contribution in [3.63, 3.8) is 0 Å². The van der Waals surface area contributed by atoms with Crippen molar-refractivity contribution in [2.24, 2.45) is 5.92 Å². The maximum Gasteiger partial charge on any atom is 0.405 e. The fourth-order valence-corrected chi connectivity index (χ4v) is 1.09. The molecule has 0 aliphatic rings. The number of urea groups is 1. The molecule has 1 unspecified atom stereocenters. The zero-order valence-electron chi connectivity index (χ0n) is 9.50. The standard InChI is InChI=1S/C9H13F3N2O4/c1-5(3-7(16)17)2-6(15)14-8(18)13-4-9(10,11)12/h5H,2-4H2,1H3,(H,16,17)(H2,13,14,15,18). The minimum atomic E-state index is -4.56. The number of rotatable bonds is 5. The number of carbonyl (C=O) groups excluding carboxylic acids is 2. The molecule has 0 aliphatic heterocycles. The topological polar surface area (TPSA) is 95.5 Å².